The lowest BCUT2D eigenvalue weighted by Crippen LogP contribution is -2.33. The smallest absolute Gasteiger partial charge is 0.131 e. The second-order valence-electron chi connectivity index (χ2n) is 10.4. The zero-order chi connectivity index (χ0) is 27.5. The number of anilines is 1. The van der Waals surface area contributed by atoms with E-state index < -0.39 is 0 Å². The molecule has 1 heterocycles. The van der Waals surface area contributed by atoms with Gasteiger partial charge in [0.1, 0.15) is 11.6 Å². The number of benzene rings is 4. The van der Waals surface area contributed by atoms with Crippen LogP contribution in [0.2, 0.25) is 0 Å². The van der Waals surface area contributed by atoms with Crippen LogP contribution in [-0.4, -0.2) is 22.6 Å². The van der Waals surface area contributed by atoms with Crippen LogP contribution in [-0.2, 0) is 17.8 Å². The highest BCUT2D eigenvalue weighted by molar-refractivity contribution is 6.05. The van der Waals surface area contributed by atoms with Gasteiger partial charge in [-0.25, -0.2) is 4.39 Å². The summed E-state index contributed by atoms with van der Waals surface area (Å²) in [4.78, 5) is 12.1. The molecule has 1 aliphatic rings. The molecule has 0 aliphatic carbocycles. The second kappa shape index (κ2) is 11.3. The SMILES string of the molecule is CC(=O)CC1C(C)C(c2ccccc2)=NN1c1ccc(Cc2ccc(-c3cc(CO)ccc3F)cc2C)cc1. The minimum atomic E-state index is -0.299. The van der Waals surface area contributed by atoms with Gasteiger partial charge in [-0.15, -0.1) is 0 Å². The third-order valence-electron chi connectivity index (χ3n) is 7.57. The summed E-state index contributed by atoms with van der Waals surface area (Å²) in [5.41, 5.74) is 8.44. The van der Waals surface area contributed by atoms with Crippen molar-refractivity contribution in [2.75, 3.05) is 5.01 Å². The van der Waals surface area contributed by atoms with Gasteiger partial charge in [0.15, 0.2) is 0 Å². The van der Waals surface area contributed by atoms with E-state index in [4.69, 9.17) is 5.10 Å². The molecule has 0 amide bonds. The van der Waals surface area contributed by atoms with E-state index in [9.17, 15) is 14.3 Å². The van der Waals surface area contributed by atoms with Gasteiger partial charge in [-0.3, -0.25) is 9.80 Å². The molecule has 5 rings (SSSR count). The topological polar surface area (TPSA) is 52.9 Å². The molecule has 0 radical (unpaired) electrons. The van der Waals surface area contributed by atoms with Crippen LogP contribution in [0.1, 0.15) is 48.1 Å². The number of hydrazone groups is 1. The Kier molecular flexibility index (Phi) is 7.71. The fourth-order valence-corrected chi connectivity index (χ4v) is 5.35. The molecule has 4 aromatic rings. The highest BCUT2D eigenvalue weighted by Gasteiger charge is 2.36. The standard InChI is InChI=1S/C34H33FN2O2/c1-22-17-29(31-20-26(21-38)11-16-32(31)35)13-12-28(22)19-25-9-14-30(15-10-25)37-33(18-23(2)39)24(3)34(36-37)27-7-5-4-6-8-27/h4-17,20,24,33,38H,18-19,21H2,1-3H3. The van der Waals surface area contributed by atoms with Crippen molar-refractivity contribution in [1.29, 1.82) is 0 Å². The van der Waals surface area contributed by atoms with Crippen molar-refractivity contribution in [3.05, 3.63) is 125 Å². The van der Waals surface area contributed by atoms with E-state index in [1.165, 1.54) is 11.6 Å². The van der Waals surface area contributed by atoms with Crippen molar-refractivity contribution >= 4 is 17.2 Å². The van der Waals surface area contributed by atoms with Crippen LogP contribution in [0.4, 0.5) is 10.1 Å². The summed E-state index contributed by atoms with van der Waals surface area (Å²) in [6.07, 6.45) is 1.19. The van der Waals surface area contributed by atoms with Gasteiger partial charge < -0.3 is 5.11 Å². The molecular formula is C34H33FN2O2. The predicted octanol–water partition coefficient (Wildman–Crippen LogP) is 7.09. The highest BCUT2D eigenvalue weighted by Crippen LogP contribution is 2.33. The molecule has 1 N–H and O–H groups in total. The van der Waals surface area contributed by atoms with E-state index in [0.29, 0.717) is 17.5 Å². The van der Waals surface area contributed by atoms with Crippen LogP contribution >= 0.6 is 0 Å². The number of carbonyl (C=O) groups excluding carboxylic acids is 1. The molecule has 1 aliphatic heterocycles. The zero-order valence-electron chi connectivity index (χ0n) is 22.6. The molecule has 0 bridgehead atoms. The normalized spacial score (nSPS) is 16.8. The highest BCUT2D eigenvalue weighted by atomic mass is 19.1. The molecule has 0 fully saturated rings. The molecule has 5 heteroatoms. The number of ketones is 1. The molecule has 2 unspecified atom stereocenters. The van der Waals surface area contributed by atoms with Crippen LogP contribution in [0.15, 0.2) is 96.1 Å². The maximum absolute atomic E-state index is 14.5. The minimum absolute atomic E-state index is 0.0249. The fourth-order valence-electron chi connectivity index (χ4n) is 5.35. The van der Waals surface area contributed by atoms with Crippen molar-refractivity contribution in [3.63, 3.8) is 0 Å². The van der Waals surface area contributed by atoms with Crippen LogP contribution in [0.25, 0.3) is 11.1 Å². The van der Waals surface area contributed by atoms with E-state index in [-0.39, 0.29) is 30.2 Å². The number of hydrogen-bond acceptors (Lipinski definition) is 4. The van der Waals surface area contributed by atoms with Gasteiger partial charge >= 0.3 is 0 Å². The number of aliphatic hydroxyl groups is 1. The minimum Gasteiger partial charge on any atom is -0.392 e. The summed E-state index contributed by atoms with van der Waals surface area (Å²) in [5, 5.41) is 16.4. The molecule has 0 saturated carbocycles. The Morgan fingerprint density at radius 1 is 0.923 bits per heavy atom. The third-order valence-corrected chi connectivity index (χ3v) is 7.57. The number of aliphatic hydroxyl groups excluding tert-OH is 1. The molecular weight excluding hydrogens is 487 g/mol. The van der Waals surface area contributed by atoms with Crippen molar-refractivity contribution in [3.8, 4) is 11.1 Å². The number of halogens is 1. The summed E-state index contributed by atoms with van der Waals surface area (Å²) < 4.78 is 14.5. The maximum atomic E-state index is 14.5. The first-order valence-corrected chi connectivity index (χ1v) is 13.3. The lowest BCUT2D eigenvalue weighted by atomic mass is 9.90. The Bertz CT molecular complexity index is 1510. The Hall–Kier alpha value is -4.09. The maximum Gasteiger partial charge on any atom is 0.131 e. The average molecular weight is 521 g/mol. The number of nitrogens with zero attached hydrogens (tertiary/aromatic N) is 2. The summed E-state index contributed by atoms with van der Waals surface area (Å²) in [5.74, 6) is -0.0211. The van der Waals surface area contributed by atoms with E-state index in [0.717, 1.165) is 40.1 Å². The zero-order valence-corrected chi connectivity index (χ0v) is 22.6. The Labute approximate surface area is 229 Å². The van der Waals surface area contributed by atoms with Crippen LogP contribution in [0, 0.1) is 18.7 Å². The van der Waals surface area contributed by atoms with Gasteiger partial charge in [-0.1, -0.05) is 73.7 Å². The van der Waals surface area contributed by atoms with E-state index >= 15 is 0 Å². The van der Waals surface area contributed by atoms with Gasteiger partial charge in [0.05, 0.1) is 24.0 Å². The molecule has 4 nitrogen and oxygen atoms in total. The van der Waals surface area contributed by atoms with Crippen LogP contribution < -0.4 is 5.01 Å². The van der Waals surface area contributed by atoms with Crippen LogP contribution in [0.3, 0.4) is 0 Å². The lowest BCUT2D eigenvalue weighted by molar-refractivity contribution is -0.117. The monoisotopic (exact) mass is 520 g/mol. The molecule has 0 saturated heterocycles. The number of rotatable bonds is 8. The summed E-state index contributed by atoms with van der Waals surface area (Å²) in [7, 11) is 0. The number of Topliss-reactive ketones (excluding diaryl/α,β-unsaturated/α-hetero) is 1. The number of carbonyl (C=O) groups is 1. The third kappa shape index (κ3) is 5.69. The Morgan fingerprint density at radius 3 is 2.31 bits per heavy atom. The first kappa shape index (κ1) is 26.5. The molecule has 0 aromatic heterocycles. The van der Waals surface area contributed by atoms with Gasteiger partial charge in [0, 0.05) is 17.9 Å². The summed E-state index contributed by atoms with van der Waals surface area (Å²) in [6, 6.07) is 29.2. The van der Waals surface area contributed by atoms with Crippen molar-refractivity contribution in [2.45, 2.75) is 46.3 Å². The van der Waals surface area contributed by atoms with E-state index in [2.05, 4.69) is 43.3 Å². The largest absolute Gasteiger partial charge is 0.392 e. The Balaban J connectivity index is 1.37. The first-order valence-electron chi connectivity index (χ1n) is 13.3. The van der Waals surface area contributed by atoms with E-state index in [1.807, 2.05) is 48.3 Å². The average Bonchev–Trinajstić information content (AvgIpc) is 3.26. The van der Waals surface area contributed by atoms with Crippen LogP contribution in [0.5, 0.6) is 0 Å². The summed E-state index contributed by atoms with van der Waals surface area (Å²) >= 11 is 0. The molecule has 39 heavy (non-hydrogen) atoms. The quantitative estimate of drug-likeness (QED) is 0.270. The summed E-state index contributed by atoms with van der Waals surface area (Å²) in [6.45, 7) is 5.70. The van der Waals surface area contributed by atoms with Crippen molar-refractivity contribution < 1.29 is 14.3 Å². The molecule has 4 aromatic carbocycles. The molecule has 0 spiro atoms. The number of aryl methyl sites for hydroxylation is 1. The predicted molar refractivity (Wildman–Crippen MR) is 155 cm³/mol. The fraction of sp³-hybridized carbons (Fsp3) is 0.235. The van der Waals surface area contributed by atoms with Gasteiger partial charge in [-0.2, -0.15) is 5.10 Å². The van der Waals surface area contributed by atoms with Gasteiger partial charge in [-0.05, 0) is 77.9 Å². The van der Waals surface area contributed by atoms with E-state index in [1.54, 1.807) is 19.1 Å². The van der Waals surface area contributed by atoms with Crippen molar-refractivity contribution in [1.82, 2.24) is 0 Å². The molecule has 2 atom stereocenters. The first-order chi connectivity index (χ1) is 18.8. The molecule has 198 valence electrons. The van der Waals surface area contributed by atoms with Gasteiger partial charge in [0.2, 0.25) is 0 Å². The number of hydrogen-bond donors (Lipinski definition) is 1. The van der Waals surface area contributed by atoms with Gasteiger partial charge in [0.25, 0.3) is 0 Å². The lowest BCUT2D eigenvalue weighted by Gasteiger charge is -2.26. The second-order valence-corrected chi connectivity index (χ2v) is 10.4. The Morgan fingerprint density at radius 2 is 1.64 bits per heavy atom. The van der Waals surface area contributed by atoms with Crippen molar-refractivity contribution in [2.24, 2.45) is 11.0 Å².